The zero-order valence-corrected chi connectivity index (χ0v) is 15.5. The van der Waals surface area contributed by atoms with Crippen LogP contribution < -0.4 is 0 Å². The van der Waals surface area contributed by atoms with E-state index >= 15 is 0 Å². The van der Waals surface area contributed by atoms with Crippen molar-refractivity contribution in [2.75, 3.05) is 0 Å². The molecule has 0 saturated heterocycles. The van der Waals surface area contributed by atoms with Crippen LogP contribution in [0.4, 0.5) is 0 Å². The minimum atomic E-state index is -0.402. The van der Waals surface area contributed by atoms with Gasteiger partial charge < -0.3 is 14.9 Å². The van der Waals surface area contributed by atoms with Crippen LogP contribution in [0, 0.1) is 28.6 Å². The number of carbonyl (C=O) groups excluding carboxylic acids is 1. The van der Waals surface area contributed by atoms with E-state index in [1.807, 2.05) is 6.08 Å². The van der Waals surface area contributed by atoms with Gasteiger partial charge in [0, 0.05) is 18.8 Å². The molecule has 2 saturated carbocycles. The number of aliphatic hydroxyl groups excluding tert-OH is 2. The Balaban J connectivity index is 1.82. The van der Waals surface area contributed by atoms with E-state index < -0.39 is 6.10 Å². The molecular weight excluding hydrogens is 316 g/mol. The average molecular weight is 346 g/mol. The summed E-state index contributed by atoms with van der Waals surface area (Å²) in [5.41, 5.74) is 1.20. The van der Waals surface area contributed by atoms with Gasteiger partial charge in [-0.05, 0) is 60.8 Å². The molecule has 0 bridgehead atoms. The first kappa shape index (κ1) is 17.3. The number of hydrogen-bond acceptors (Lipinski definition) is 4. The number of rotatable bonds is 1. The number of ether oxygens (including phenoxy) is 1. The van der Waals surface area contributed by atoms with Gasteiger partial charge >= 0.3 is 5.97 Å². The van der Waals surface area contributed by atoms with Gasteiger partial charge in [-0.3, -0.25) is 4.79 Å². The molecule has 2 N–H and O–H groups in total. The Bertz CT molecular complexity index is 650. The minimum Gasteiger partial charge on any atom is -0.431 e. The highest BCUT2D eigenvalue weighted by Crippen LogP contribution is 2.64. The molecule has 25 heavy (non-hydrogen) atoms. The van der Waals surface area contributed by atoms with Crippen molar-refractivity contribution in [1.82, 2.24) is 0 Å². The molecule has 2 fully saturated rings. The number of esters is 1. The summed E-state index contributed by atoms with van der Waals surface area (Å²) in [7, 11) is 0. The third-order valence-corrected chi connectivity index (χ3v) is 7.86. The number of allylic oxidation sites excluding steroid dienone is 3. The molecule has 0 aromatic heterocycles. The first-order valence-corrected chi connectivity index (χ1v) is 9.72. The second-order valence-corrected chi connectivity index (χ2v) is 9.14. The van der Waals surface area contributed by atoms with Crippen molar-refractivity contribution in [3.8, 4) is 0 Å². The maximum Gasteiger partial charge on any atom is 0.307 e. The fraction of sp³-hybridized carbons (Fsp3) is 0.762. The van der Waals surface area contributed by atoms with Crippen molar-refractivity contribution < 1.29 is 19.7 Å². The molecule has 4 rings (SSSR count). The van der Waals surface area contributed by atoms with Crippen molar-refractivity contribution in [1.29, 1.82) is 0 Å². The molecule has 4 nitrogen and oxygen atoms in total. The Morgan fingerprint density at radius 2 is 1.96 bits per heavy atom. The van der Waals surface area contributed by atoms with Crippen LogP contribution in [0.2, 0.25) is 0 Å². The van der Waals surface area contributed by atoms with Crippen LogP contribution in [0.5, 0.6) is 0 Å². The second-order valence-electron chi connectivity index (χ2n) is 9.14. The monoisotopic (exact) mass is 346 g/mol. The molecule has 7 atom stereocenters. The first-order valence-electron chi connectivity index (χ1n) is 9.72. The lowest BCUT2D eigenvalue weighted by Gasteiger charge is -2.56. The highest BCUT2D eigenvalue weighted by molar-refractivity contribution is 5.67. The van der Waals surface area contributed by atoms with Gasteiger partial charge in [0.25, 0.3) is 0 Å². The van der Waals surface area contributed by atoms with Crippen molar-refractivity contribution in [2.45, 2.75) is 71.5 Å². The summed E-state index contributed by atoms with van der Waals surface area (Å²) < 4.78 is 5.73. The SMILES string of the molecule is CC(=O)OC1=C2[C@@H]3CC[C@H](O)[C@@]3(C)CC[C@@H]2[C@@]2(C)C=C[C@H](O)CC2C1. The van der Waals surface area contributed by atoms with Crippen LogP contribution in [0.1, 0.15) is 59.3 Å². The van der Waals surface area contributed by atoms with E-state index in [0.717, 1.165) is 37.9 Å². The largest absolute Gasteiger partial charge is 0.431 e. The van der Waals surface area contributed by atoms with Crippen LogP contribution in [0.25, 0.3) is 0 Å². The van der Waals surface area contributed by atoms with Crippen molar-refractivity contribution in [3.05, 3.63) is 23.5 Å². The first-order chi connectivity index (χ1) is 11.8. The Morgan fingerprint density at radius 1 is 1.20 bits per heavy atom. The van der Waals surface area contributed by atoms with Gasteiger partial charge in [0.2, 0.25) is 0 Å². The van der Waals surface area contributed by atoms with E-state index in [9.17, 15) is 15.0 Å². The highest BCUT2D eigenvalue weighted by atomic mass is 16.5. The lowest BCUT2D eigenvalue weighted by Crippen LogP contribution is -2.50. The lowest BCUT2D eigenvalue weighted by atomic mass is 9.49. The minimum absolute atomic E-state index is 0.00703. The van der Waals surface area contributed by atoms with Gasteiger partial charge in [-0.2, -0.15) is 0 Å². The summed E-state index contributed by atoms with van der Waals surface area (Å²) in [4.78, 5) is 11.8. The maximum atomic E-state index is 11.8. The normalized spacial score (nSPS) is 48.6. The van der Waals surface area contributed by atoms with Crippen molar-refractivity contribution in [2.24, 2.45) is 28.6 Å². The summed E-state index contributed by atoms with van der Waals surface area (Å²) in [5, 5.41) is 20.7. The standard InChI is InChI=1S/C21H30O4/c1-12(22)25-17-11-13-10-14(23)6-8-20(13,2)16-7-9-21(3)15(19(16)17)4-5-18(21)24/h6,8,13-16,18,23-24H,4-5,7,9-11H2,1-3H3/t13?,14-,15-,16-,18-,20-,21-/m0/s1. The van der Waals surface area contributed by atoms with E-state index in [1.165, 1.54) is 12.5 Å². The molecular formula is C21H30O4. The van der Waals surface area contributed by atoms with Gasteiger partial charge in [-0.25, -0.2) is 0 Å². The lowest BCUT2D eigenvalue weighted by molar-refractivity contribution is -0.138. The van der Waals surface area contributed by atoms with Gasteiger partial charge in [-0.15, -0.1) is 0 Å². The van der Waals surface area contributed by atoms with E-state index in [1.54, 1.807) is 0 Å². The fourth-order valence-electron chi connectivity index (χ4n) is 6.35. The summed E-state index contributed by atoms with van der Waals surface area (Å²) in [6.45, 7) is 5.99. The number of carbonyl (C=O) groups is 1. The third-order valence-electron chi connectivity index (χ3n) is 7.86. The summed E-state index contributed by atoms with van der Waals surface area (Å²) in [5.74, 6) is 1.52. The Morgan fingerprint density at radius 3 is 2.68 bits per heavy atom. The molecule has 138 valence electrons. The molecule has 4 aliphatic rings. The summed E-state index contributed by atoms with van der Waals surface area (Å²) in [6, 6.07) is 0. The molecule has 0 amide bonds. The quantitative estimate of drug-likeness (QED) is 0.564. The van der Waals surface area contributed by atoms with Crippen LogP contribution in [-0.2, 0) is 9.53 Å². The zero-order chi connectivity index (χ0) is 18.0. The second kappa shape index (κ2) is 5.68. The summed E-state index contributed by atoms with van der Waals surface area (Å²) in [6.07, 6.45) is 8.77. The molecule has 4 aliphatic carbocycles. The van der Waals surface area contributed by atoms with Gasteiger partial charge in [0.15, 0.2) is 0 Å². The van der Waals surface area contributed by atoms with Gasteiger partial charge in [0.1, 0.15) is 5.76 Å². The predicted molar refractivity (Wildman–Crippen MR) is 94.3 cm³/mol. The van der Waals surface area contributed by atoms with Crippen LogP contribution in [-0.4, -0.2) is 28.4 Å². The Hall–Kier alpha value is -1.13. The Labute approximate surface area is 149 Å². The topological polar surface area (TPSA) is 66.8 Å². The maximum absolute atomic E-state index is 11.8. The highest BCUT2D eigenvalue weighted by Gasteiger charge is 2.58. The molecule has 0 spiro atoms. The molecule has 0 radical (unpaired) electrons. The molecule has 4 heteroatoms. The molecule has 0 aliphatic heterocycles. The number of fused-ring (bicyclic) bond motifs is 5. The van der Waals surface area contributed by atoms with Gasteiger partial charge in [0.05, 0.1) is 12.2 Å². The average Bonchev–Trinajstić information content (AvgIpc) is 2.84. The van der Waals surface area contributed by atoms with Crippen LogP contribution >= 0.6 is 0 Å². The third kappa shape index (κ3) is 2.44. The molecule has 0 aromatic rings. The fourth-order valence-corrected chi connectivity index (χ4v) is 6.35. The smallest absolute Gasteiger partial charge is 0.307 e. The van der Waals surface area contributed by atoms with Crippen molar-refractivity contribution >= 4 is 5.97 Å². The van der Waals surface area contributed by atoms with E-state index in [2.05, 4.69) is 19.9 Å². The Kier molecular flexibility index (Phi) is 3.93. The van der Waals surface area contributed by atoms with E-state index in [0.29, 0.717) is 24.2 Å². The zero-order valence-electron chi connectivity index (χ0n) is 15.5. The van der Waals surface area contributed by atoms with E-state index in [4.69, 9.17) is 4.74 Å². The molecule has 0 aromatic carbocycles. The van der Waals surface area contributed by atoms with Crippen LogP contribution in [0.15, 0.2) is 23.5 Å². The predicted octanol–water partition coefficient (Wildman–Crippen LogP) is 3.34. The summed E-state index contributed by atoms with van der Waals surface area (Å²) >= 11 is 0. The number of hydrogen-bond donors (Lipinski definition) is 2. The van der Waals surface area contributed by atoms with Gasteiger partial charge in [-0.1, -0.05) is 26.0 Å². The molecule has 1 unspecified atom stereocenters. The van der Waals surface area contributed by atoms with Crippen molar-refractivity contribution in [3.63, 3.8) is 0 Å². The molecule has 0 heterocycles. The number of aliphatic hydroxyl groups is 2. The van der Waals surface area contributed by atoms with Crippen LogP contribution in [0.3, 0.4) is 0 Å². The van der Waals surface area contributed by atoms with E-state index in [-0.39, 0.29) is 22.9 Å².